The van der Waals surface area contributed by atoms with Crippen molar-refractivity contribution in [2.75, 3.05) is 0 Å². The molecule has 3 heterocycles. The van der Waals surface area contributed by atoms with Gasteiger partial charge in [-0.15, -0.1) is 11.3 Å². The fourth-order valence-corrected chi connectivity index (χ4v) is 3.01. The fraction of sp³-hybridized carbons (Fsp3) is 0.0625. The van der Waals surface area contributed by atoms with E-state index in [0.717, 1.165) is 0 Å². The van der Waals surface area contributed by atoms with Crippen LogP contribution in [-0.2, 0) is 0 Å². The summed E-state index contributed by atoms with van der Waals surface area (Å²) in [6.07, 6.45) is 5.78. The number of carboxylic acids is 2. The summed E-state index contributed by atoms with van der Waals surface area (Å²) in [6.45, 7) is 1.63. The van der Waals surface area contributed by atoms with Crippen molar-refractivity contribution in [2.24, 2.45) is 0 Å². The summed E-state index contributed by atoms with van der Waals surface area (Å²) in [4.78, 5) is 35.4. The number of thiazole rings is 1. The van der Waals surface area contributed by atoms with Crippen LogP contribution in [0, 0.1) is 6.92 Å². The van der Waals surface area contributed by atoms with Crippen LogP contribution in [0.4, 0.5) is 0 Å². The van der Waals surface area contributed by atoms with Gasteiger partial charge >= 0.3 is 63.3 Å². The molecule has 9 heteroatoms. The monoisotopic (exact) mass is 381 g/mol. The number of hydrogen-bond donors (Lipinski definition) is 2. The summed E-state index contributed by atoms with van der Waals surface area (Å²) in [5.74, 6) is -2.26. The number of aryl methyl sites for hydroxylation is 1. The van der Waals surface area contributed by atoms with E-state index in [4.69, 9.17) is 0 Å². The summed E-state index contributed by atoms with van der Waals surface area (Å²) < 4.78 is 0. The zero-order chi connectivity index (χ0) is 17.3. The summed E-state index contributed by atoms with van der Waals surface area (Å²) in [7, 11) is 0. The van der Waals surface area contributed by atoms with Gasteiger partial charge in [-0.3, -0.25) is 9.97 Å². The second-order valence-corrected chi connectivity index (χ2v) is 5.84. The SMILES string of the molecule is Cc1cncc(-c2cc(C(=O)O)c(-c3nccs3)cn2)c1C(=O)O.[KH]. The predicted octanol–water partition coefficient (Wildman–Crippen LogP) is 2.32. The molecule has 3 aromatic heterocycles. The van der Waals surface area contributed by atoms with Crippen molar-refractivity contribution < 1.29 is 19.8 Å². The van der Waals surface area contributed by atoms with E-state index < -0.39 is 11.9 Å². The molecule has 0 saturated heterocycles. The van der Waals surface area contributed by atoms with Crippen LogP contribution < -0.4 is 0 Å². The van der Waals surface area contributed by atoms with Crippen LogP contribution in [0.25, 0.3) is 21.8 Å². The quantitative estimate of drug-likeness (QED) is 0.667. The van der Waals surface area contributed by atoms with Crippen molar-refractivity contribution in [3.63, 3.8) is 0 Å². The van der Waals surface area contributed by atoms with E-state index in [2.05, 4.69) is 15.0 Å². The molecule has 0 bridgehead atoms. The second kappa shape index (κ2) is 8.26. The van der Waals surface area contributed by atoms with Gasteiger partial charge in [0.2, 0.25) is 0 Å². The number of aromatic nitrogens is 3. The van der Waals surface area contributed by atoms with Crippen molar-refractivity contribution >= 4 is 74.7 Å². The van der Waals surface area contributed by atoms with Crippen LogP contribution in [0.3, 0.4) is 0 Å². The van der Waals surface area contributed by atoms with Gasteiger partial charge in [-0.2, -0.15) is 0 Å². The first kappa shape index (κ1) is 19.8. The number of aromatic carboxylic acids is 2. The van der Waals surface area contributed by atoms with Gasteiger partial charge in [0, 0.05) is 41.3 Å². The van der Waals surface area contributed by atoms with E-state index in [9.17, 15) is 19.8 Å². The van der Waals surface area contributed by atoms with Crippen molar-refractivity contribution in [3.8, 4) is 21.8 Å². The first-order chi connectivity index (χ1) is 11.5. The van der Waals surface area contributed by atoms with Gasteiger partial charge < -0.3 is 10.2 Å². The van der Waals surface area contributed by atoms with Gasteiger partial charge in [0.05, 0.1) is 16.8 Å². The molecular formula is C16H12KN3O4S. The molecular weight excluding hydrogens is 369 g/mol. The molecule has 0 aliphatic carbocycles. The van der Waals surface area contributed by atoms with E-state index in [1.165, 1.54) is 36.0 Å². The Morgan fingerprint density at radius 1 is 1.04 bits per heavy atom. The molecule has 3 rings (SSSR count). The Morgan fingerprint density at radius 3 is 2.40 bits per heavy atom. The van der Waals surface area contributed by atoms with Crippen LogP contribution >= 0.6 is 11.3 Å². The molecule has 0 radical (unpaired) electrons. The van der Waals surface area contributed by atoms with Crippen molar-refractivity contribution in [1.82, 2.24) is 15.0 Å². The molecule has 0 atom stereocenters. The number of nitrogens with zero attached hydrogens (tertiary/aromatic N) is 3. The Kier molecular flexibility index (Phi) is 6.55. The predicted molar refractivity (Wildman–Crippen MR) is 94.4 cm³/mol. The van der Waals surface area contributed by atoms with Crippen molar-refractivity contribution in [3.05, 3.63) is 52.9 Å². The van der Waals surface area contributed by atoms with Crippen molar-refractivity contribution in [2.45, 2.75) is 6.92 Å². The molecule has 7 nitrogen and oxygen atoms in total. The first-order valence-electron chi connectivity index (χ1n) is 6.80. The number of carboxylic acid groups (broad SMARTS) is 2. The third-order valence-electron chi connectivity index (χ3n) is 3.42. The molecule has 0 aromatic carbocycles. The van der Waals surface area contributed by atoms with Crippen molar-refractivity contribution in [1.29, 1.82) is 0 Å². The van der Waals surface area contributed by atoms with E-state index in [-0.39, 0.29) is 73.8 Å². The second-order valence-electron chi connectivity index (χ2n) is 4.94. The fourth-order valence-electron chi connectivity index (χ4n) is 2.35. The third kappa shape index (κ3) is 4.02. The molecule has 122 valence electrons. The van der Waals surface area contributed by atoms with Crippen LogP contribution in [0.5, 0.6) is 0 Å². The van der Waals surface area contributed by atoms with E-state index in [0.29, 0.717) is 16.1 Å². The molecule has 3 aromatic rings. The van der Waals surface area contributed by atoms with Gasteiger partial charge in [0.15, 0.2) is 0 Å². The molecule has 0 saturated carbocycles. The zero-order valence-corrected chi connectivity index (χ0v) is 13.2. The van der Waals surface area contributed by atoms with E-state index in [1.807, 2.05) is 0 Å². The number of rotatable bonds is 4. The number of hydrogen-bond acceptors (Lipinski definition) is 6. The Morgan fingerprint density at radius 2 is 1.80 bits per heavy atom. The molecule has 0 aliphatic heterocycles. The molecule has 0 fully saturated rings. The molecule has 2 N–H and O–H groups in total. The van der Waals surface area contributed by atoms with Crippen LogP contribution in [0.15, 0.2) is 36.2 Å². The summed E-state index contributed by atoms with van der Waals surface area (Å²) in [5, 5.41) is 21.2. The summed E-state index contributed by atoms with van der Waals surface area (Å²) in [5.41, 5.74) is 1.43. The molecule has 0 amide bonds. The zero-order valence-electron chi connectivity index (χ0n) is 12.4. The third-order valence-corrected chi connectivity index (χ3v) is 4.23. The Labute approximate surface area is 189 Å². The average Bonchev–Trinajstić information content (AvgIpc) is 3.08. The first-order valence-corrected chi connectivity index (χ1v) is 7.68. The van der Waals surface area contributed by atoms with Gasteiger partial charge in [0.25, 0.3) is 0 Å². The Bertz CT molecular complexity index is 945. The van der Waals surface area contributed by atoms with Gasteiger partial charge in [-0.1, -0.05) is 0 Å². The summed E-state index contributed by atoms with van der Waals surface area (Å²) >= 11 is 1.30. The maximum absolute atomic E-state index is 11.6. The van der Waals surface area contributed by atoms with E-state index >= 15 is 0 Å². The Hall–Kier alpha value is -1.49. The van der Waals surface area contributed by atoms with Crippen LogP contribution in [-0.4, -0.2) is 88.5 Å². The minimum atomic E-state index is -1.14. The van der Waals surface area contributed by atoms with Crippen LogP contribution in [0.2, 0.25) is 0 Å². The van der Waals surface area contributed by atoms with Crippen LogP contribution in [0.1, 0.15) is 26.3 Å². The molecule has 0 unspecified atom stereocenters. The standard InChI is InChI=1S/C16H11N3O4S.K.H/c1-8-5-17-6-11(13(8)16(22)23)12-4-9(15(20)21)10(7-19-12)14-18-2-3-24-14;;/h2-7H,1H3,(H,20,21)(H,22,23);;. The topological polar surface area (TPSA) is 113 Å². The molecule has 25 heavy (non-hydrogen) atoms. The average molecular weight is 381 g/mol. The van der Waals surface area contributed by atoms with Gasteiger partial charge in [-0.25, -0.2) is 14.6 Å². The summed E-state index contributed by atoms with van der Waals surface area (Å²) in [6, 6.07) is 1.35. The number of carbonyl (C=O) groups is 2. The number of pyridine rings is 2. The minimum absolute atomic E-state index is 0. The van der Waals surface area contributed by atoms with Gasteiger partial charge in [-0.05, 0) is 18.6 Å². The Balaban J connectivity index is 0.00000225. The molecule has 0 spiro atoms. The molecule has 0 aliphatic rings. The normalized spacial score (nSPS) is 10.1. The van der Waals surface area contributed by atoms with Gasteiger partial charge in [0.1, 0.15) is 5.01 Å². The van der Waals surface area contributed by atoms with E-state index in [1.54, 1.807) is 18.5 Å². The maximum atomic E-state index is 11.6.